The first-order valence-corrected chi connectivity index (χ1v) is 4.59. The van der Waals surface area contributed by atoms with Crippen molar-refractivity contribution in [1.82, 2.24) is 5.32 Å². The summed E-state index contributed by atoms with van der Waals surface area (Å²) in [6.45, 7) is 3.77. The van der Waals surface area contributed by atoms with Crippen molar-refractivity contribution in [2.45, 2.75) is 32.7 Å². The van der Waals surface area contributed by atoms with Crippen molar-refractivity contribution in [3.8, 4) is 0 Å². The number of rotatable bonds is 4. The zero-order valence-electron chi connectivity index (χ0n) is 8.00. The van der Waals surface area contributed by atoms with Gasteiger partial charge in [0, 0.05) is 19.4 Å². The van der Waals surface area contributed by atoms with Gasteiger partial charge in [-0.25, -0.2) is 0 Å². The summed E-state index contributed by atoms with van der Waals surface area (Å²) in [4.78, 5) is 21.4. The van der Waals surface area contributed by atoms with Crippen molar-refractivity contribution < 1.29 is 14.3 Å². The first-order valence-electron chi connectivity index (χ1n) is 4.59. The molecule has 0 saturated carbocycles. The van der Waals surface area contributed by atoms with E-state index in [0.717, 1.165) is 12.8 Å². The van der Waals surface area contributed by atoms with E-state index in [9.17, 15) is 9.59 Å². The lowest BCUT2D eigenvalue weighted by Crippen LogP contribution is -2.58. The zero-order valence-corrected chi connectivity index (χ0v) is 8.00. The number of hydrogen-bond donors (Lipinski definition) is 1. The SMILES string of the molecule is CC[C@@H]1C(=O)N[C@@H]1CCOC(C)=O. The number of carbonyl (C=O) groups excluding carboxylic acids is 2. The molecular weight excluding hydrogens is 170 g/mol. The van der Waals surface area contributed by atoms with Gasteiger partial charge in [0.15, 0.2) is 0 Å². The smallest absolute Gasteiger partial charge is 0.302 e. The number of nitrogens with one attached hydrogen (secondary N) is 1. The van der Waals surface area contributed by atoms with Crippen LogP contribution in [0.4, 0.5) is 0 Å². The van der Waals surface area contributed by atoms with Gasteiger partial charge in [-0.15, -0.1) is 0 Å². The third-order valence-electron chi connectivity index (χ3n) is 2.32. The summed E-state index contributed by atoms with van der Waals surface area (Å²) in [6.07, 6.45) is 1.58. The Morgan fingerprint density at radius 3 is 2.77 bits per heavy atom. The molecule has 0 aromatic carbocycles. The fraction of sp³-hybridized carbons (Fsp3) is 0.778. The Kier molecular flexibility index (Phi) is 3.28. The lowest BCUT2D eigenvalue weighted by atomic mass is 9.86. The topological polar surface area (TPSA) is 55.4 Å². The minimum atomic E-state index is -0.265. The van der Waals surface area contributed by atoms with Crippen LogP contribution in [-0.2, 0) is 14.3 Å². The first-order chi connectivity index (χ1) is 6.15. The van der Waals surface area contributed by atoms with Gasteiger partial charge in [-0.2, -0.15) is 0 Å². The molecule has 0 radical (unpaired) electrons. The van der Waals surface area contributed by atoms with E-state index < -0.39 is 0 Å². The Morgan fingerprint density at radius 2 is 2.31 bits per heavy atom. The highest BCUT2D eigenvalue weighted by atomic mass is 16.5. The zero-order chi connectivity index (χ0) is 9.84. The molecular formula is C9H15NO3. The van der Waals surface area contributed by atoms with E-state index in [4.69, 9.17) is 4.74 Å². The molecule has 1 aliphatic heterocycles. The van der Waals surface area contributed by atoms with Crippen LogP contribution in [0.1, 0.15) is 26.7 Å². The standard InChI is InChI=1S/C9H15NO3/c1-3-7-8(10-9(7)12)4-5-13-6(2)11/h7-8H,3-5H2,1-2H3,(H,10,12)/t7-,8+/m0/s1. The summed E-state index contributed by atoms with van der Waals surface area (Å²) < 4.78 is 4.79. The van der Waals surface area contributed by atoms with Crippen molar-refractivity contribution in [2.24, 2.45) is 5.92 Å². The van der Waals surface area contributed by atoms with Crippen LogP contribution in [0.3, 0.4) is 0 Å². The molecule has 0 bridgehead atoms. The lowest BCUT2D eigenvalue weighted by molar-refractivity contribution is -0.142. The van der Waals surface area contributed by atoms with Crippen molar-refractivity contribution in [3.05, 3.63) is 0 Å². The Hall–Kier alpha value is -1.06. The number of β-lactam (4-membered cyclic amide) rings is 1. The normalized spacial score (nSPS) is 26.2. The highest BCUT2D eigenvalue weighted by molar-refractivity contribution is 5.85. The molecule has 1 saturated heterocycles. The van der Waals surface area contributed by atoms with Crippen LogP contribution in [-0.4, -0.2) is 24.5 Å². The molecule has 4 heteroatoms. The average Bonchev–Trinajstić information content (AvgIpc) is 2.02. The first kappa shape index (κ1) is 10.0. The van der Waals surface area contributed by atoms with E-state index in [-0.39, 0.29) is 23.8 Å². The Morgan fingerprint density at radius 1 is 1.62 bits per heavy atom. The minimum absolute atomic E-state index is 0.121. The third-order valence-corrected chi connectivity index (χ3v) is 2.32. The summed E-state index contributed by atoms with van der Waals surface area (Å²) in [5, 5.41) is 2.79. The van der Waals surface area contributed by atoms with Crippen LogP contribution >= 0.6 is 0 Å². The fourth-order valence-electron chi connectivity index (χ4n) is 1.55. The van der Waals surface area contributed by atoms with E-state index in [1.807, 2.05) is 6.92 Å². The van der Waals surface area contributed by atoms with Gasteiger partial charge in [-0.05, 0) is 6.42 Å². The van der Waals surface area contributed by atoms with Crippen LogP contribution in [0, 0.1) is 5.92 Å². The van der Waals surface area contributed by atoms with Gasteiger partial charge >= 0.3 is 5.97 Å². The van der Waals surface area contributed by atoms with Gasteiger partial charge in [0.05, 0.1) is 12.5 Å². The van der Waals surface area contributed by atoms with Gasteiger partial charge < -0.3 is 10.1 Å². The predicted molar refractivity (Wildman–Crippen MR) is 47.0 cm³/mol. The summed E-state index contributed by atoms with van der Waals surface area (Å²) in [5.74, 6) is -0.0235. The molecule has 74 valence electrons. The predicted octanol–water partition coefficient (Wildman–Crippen LogP) is 0.464. The summed E-state index contributed by atoms with van der Waals surface area (Å²) in [6, 6.07) is 0.205. The Bertz CT molecular complexity index is 215. The van der Waals surface area contributed by atoms with Gasteiger partial charge in [-0.3, -0.25) is 9.59 Å². The second kappa shape index (κ2) is 4.25. The molecule has 0 unspecified atom stereocenters. The maximum Gasteiger partial charge on any atom is 0.302 e. The molecule has 0 aromatic rings. The van der Waals surface area contributed by atoms with Crippen molar-refractivity contribution >= 4 is 11.9 Å². The molecule has 1 heterocycles. The fourth-order valence-corrected chi connectivity index (χ4v) is 1.55. The van der Waals surface area contributed by atoms with Crippen LogP contribution in [0.15, 0.2) is 0 Å². The molecule has 1 fully saturated rings. The Balaban J connectivity index is 2.16. The second-order valence-electron chi connectivity index (χ2n) is 3.26. The van der Waals surface area contributed by atoms with Gasteiger partial charge in [-0.1, -0.05) is 6.92 Å². The van der Waals surface area contributed by atoms with Crippen LogP contribution < -0.4 is 5.32 Å². The quantitative estimate of drug-likeness (QED) is 0.511. The average molecular weight is 185 g/mol. The minimum Gasteiger partial charge on any atom is -0.466 e. The lowest BCUT2D eigenvalue weighted by Gasteiger charge is -2.36. The molecule has 1 aliphatic rings. The molecule has 4 nitrogen and oxygen atoms in total. The van der Waals surface area contributed by atoms with Crippen LogP contribution in [0.25, 0.3) is 0 Å². The van der Waals surface area contributed by atoms with Crippen molar-refractivity contribution in [3.63, 3.8) is 0 Å². The van der Waals surface area contributed by atoms with E-state index in [1.54, 1.807) is 0 Å². The van der Waals surface area contributed by atoms with Gasteiger partial charge in [0.2, 0.25) is 5.91 Å². The molecule has 13 heavy (non-hydrogen) atoms. The summed E-state index contributed by atoms with van der Waals surface area (Å²) in [5.41, 5.74) is 0. The molecule has 1 N–H and O–H groups in total. The van der Waals surface area contributed by atoms with E-state index in [0.29, 0.717) is 6.61 Å². The third kappa shape index (κ3) is 2.44. The van der Waals surface area contributed by atoms with Crippen molar-refractivity contribution in [2.75, 3.05) is 6.61 Å². The molecule has 2 atom stereocenters. The number of ether oxygens (including phenoxy) is 1. The number of carbonyl (C=O) groups is 2. The van der Waals surface area contributed by atoms with E-state index in [1.165, 1.54) is 6.92 Å². The van der Waals surface area contributed by atoms with Crippen LogP contribution in [0.2, 0.25) is 0 Å². The van der Waals surface area contributed by atoms with Crippen LogP contribution in [0.5, 0.6) is 0 Å². The van der Waals surface area contributed by atoms with E-state index >= 15 is 0 Å². The monoisotopic (exact) mass is 185 g/mol. The summed E-state index contributed by atoms with van der Waals surface area (Å²) >= 11 is 0. The summed E-state index contributed by atoms with van der Waals surface area (Å²) in [7, 11) is 0. The molecule has 0 spiro atoms. The largest absolute Gasteiger partial charge is 0.466 e. The number of hydrogen-bond acceptors (Lipinski definition) is 3. The number of amides is 1. The van der Waals surface area contributed by atoms with Gasteiger partial charge in [0.1, 0.15) is 0 Å². The Labute approximate surface area is 77.6 Å². The molecule has 1 rings (SSSR count). The highest BCUT2D eigenvalue weighted by Gasteiger charge is 2.36. The van der Waals surface area contributed by atoms with Gasteiger partial charge in [0.25, 0.3) is 0 Å². The maximum atomic E-state index is 11.0. The molecule has 1 amide bonds. The number of esters is 1. The van der Waals surface area contributed by atoms with Crippen molar-refractivity contribution in [1.29, 1.82) is 0 Å². The highest BCUT2D eigenvalue weighted by Crippen LogP contribution is 2.20. The van der Waals surface area contributed by atoms with E-state index in [2.05, 4.69) is 5.32 Å². The molecule has 0 aliphatic carbocycles. The maximum absolute atomic E-state index is 11.0. The second-order valence-corrected chi connectivity index (χ2v) is 3.26. The molecule has 0 aromatic heterocycles.